The number of nitrogens with one attached hydrogen (secondary N) is 1. The predicted molar refractivity (Wildman–Crippen MR) is 64.0 cm³/mol. The smallest absolute Gasteiger partial charge is 0.133 e. The van der Waals surface area contributed by atoms with Crippen molar-refractivity contribution in [1.29, 1.82) is 0 Å². The molecule has 0 aliphatic carbocycles. The van der Waals surface area contributed by atoms with E-state index in [0.717, 1.165) is 26.2 Å². The summed E-state index contributed by atoms with van der Waals surface area (Å²) in [5.74, 6) is -0.852. The van der Waals surface area contributed by atoms with E-state index in [1.807, 2.05) is 6.92 Å². The Balaban J connectivity index is 2.29. The lowest BCUT2D eigenvalue weighted by Crippen LogP contribution is -2.44. The van der Waals surface area contributed by atoms with E-state index in [1.54, 1.807) is 6.92 Å². The minimum Gasteiger partial charge on any atom is -0.314 e. The predicted octanol–water partition coefficient (Wildman–Crippen LogP) is 2.24. The number of hydrogen-bond acceptors (Lipinski definition) is 2. The lowest BCUT2D eigenvalue weighted by atomic mass is 10.0. The van der Waals surface area contributed by atoms with Crippen molar-refractivity contribution >= 4 is 0 Å². The highest BCUT2D eigenvalue weighted by Gasteiger charge is 2.24. The van der Waals surface area contributed by atoms with Gasteiger partial charge < -0.3 is 5.32 Å². The molecule has 2 rings (SSSR count). The van der Waals surface area contributed by atoms with Gasteiger partial charge in [-0.15, -0.1) is 0 Å². The average Bonchev–Trinajstić information content (AvgIpc) is 2.35. The van der Waals surface area contributed by atoms with Crippen LogP contribution in [0.3, 0.4) is 0 Å². The standard InChI is InChI=1S/C13H18F2N2/c1-9-3-4-11(14)12(13(9)15)10(2)17-7-5-16-6-8-17/h3-4,10,16H,5-8H2,1-2H3/t10-/m0/s1. The van der Waals surface area contributed by atoms with Crippen LogP contribution in [-0.4, -0.2) is 31.1 Å². The molecule has 2 nitrogen and oxygen atoms in total. The second-order valence-corrected chi connectivity index (χ2v) is 4.55. The molecule has 0 radical (unpaired) electrons. The maximum absolute atomic E-state index is 14.0. The number of hydrogen-bond donors (Lipinski definition) is 1. The van der Waals surface area contributed by atoms with Gasteiger partial charge >= 0.3 is 0 Å². The molecule has 0 bridgehead atoms. The van der Waals surface area contributed by atoms with Crippen molar-refractivity contribution in [3.8, 4) is 0 Å². The molecule has 0 saturated carbocycles. The van der Waals surface area contributed by atoms with Crippen molar-refractivity contribution in [1.82, 2.24) is 10.2 Å². The van der Waals surface area contributed by atoms with Gasteiger partial charge in [-0.25, -0.2) is 8.78 Å². The number of benzene rings is 1. The third-order valence-electron chi connectivity index (χ3n) is 3.44. The van der Waals surface area contributed by atoms with Gasteiger partial charge in [0.1, 0.15) is 11.6 Å². The number of halogens is 2. The first-order valence-corrected chi connectivity index (χ1v) is 6.00. The summed E-state index contributed by atoms with van der Waals surface area (Å²) < 4.78 is 27.7. The summed E-state index contributed by atoms with van der Waals surface area (Å²) in [5, 5.41) is 3.23. The van der Waals surface area contributed by atoms with Crippen molar-refractivity contribution in [2.45, 2.75) is 19.9 Å². The highest BCUT2D eigenvalue weighted by molar-refractivity contribution is 5.29. The molecule has 1 aromatic carbocycles. The number of aryl methyl sites for hydroxylation is 1. The van der Waals surface area contributed by atoms with Gasteiger partial charge in [-0.05, 0) is 25.5 Å². The summed E-state index contributed by atoms with van der Waals surface area (Å²) in [6.45, 7) is 6.94. The normalized spacial score (nSPS) is 19.3. The molecular weight excluding hydrogens is 222 g/mol. The van der Waals surface area contributed by atoms with Gasteiger partial charge in [-0.1, -0.05) is 6.07 Å². The Morgan fingerprint density at radius 2 is 1.88 bits per heavy atom. The van der Waals surface area contributed by atoms with Crippen LogP contribution in [0.5, 0.6) is 0 Å². The Labute approximate surface area is 101 Å². The fourth-order valence-electron chi connectivity index (χ4n) is 2.31. The lowest BCUT2D eigenvalue weighted by Gasteiger charge is -2.33. The highest BCUT2D eigenvalue weighted by Crippen LogP contribution is 2.27. The van der Waals surface area contributed by atoms with E-state index in [4.69, 9.17) is 0 Å². The highest BCUT2D eigenvalue weighted by atomic mass is 19.1. The zero-order valence-corrected chi connectivity index (χ0v) is 10.3. The summed E-state index contributed by atoms with van der Waals surface area (Å²) >= 11 is 0. The van der Waals surface area contributed by atoms with E-state index in [0.29, 0.717) is 5.56 Å². The minimum atomic E-state index is -0.445. The van der Waals surface area contributed by atoms with Crippen molar-refractivity contribution in [3.63, 3.8) is 0 Å². The van der Waals surface area contributed by atoms with Gasteiger partial charge in [0.25, 0.3) is 0 Å². The average molecular weight is 240 g/mol. The number of piperazine rings is 1. The minimum absolute atomic E-state index is 0.201. The van der Waals surface area contributed by atoms with Crippen molar-refractivity contribution < 1.29 is 8.78 Å². The van der Waals surface area contributed by atoms with Crippen LogP contribution in [0, 0.1) is 18.6 Å². The van der Waals surface area contributed by atoms with Crippen molar-refractivity contribution in [2.24, 2.45) is 0 Å². The molecule has 1 aliphatic rings. The van der Waals surface area contributed by atoms with Crippen LogP contribution in [0.25, 0.3) is 0 Å². The van der Waals surface area contributed by atoms with Crippen molar-refractivity contribution in [3.05, 3.63) is 34.9 Å². The summed E-state index contributed by atoms with van der Waals surface area (Å²) in [6, 6.07) is 2.63. The Bertz CT molecular complexity index is 401. The third kappa shape index (κ3) is 2.48. The SMILES string of the molecule is Cc1ccc(F)c([C@H](C)N2CCNCC2)c1F. The van der Waals surface area contributed by atoms with E-state index in [9.17, 15) is 8.78 Å². The summed E-state index contributed by atoms with van der Waals surface area (Å²) in [7, 11) is 0. The van der Waals surface area contributed by atoms with Crippen molar-refractivity contribution in [2.75, 3.05) is 26.2 Å². The number of nitrogens with zero attached hydrogens (tertiary/aromatic N) is 1. The number of rotatable bonds is 2. The van der Waals surface area contributed by atoms with Crippen LogP contribution in [0.2, 0.25) is 0 Å². The molecule has 1 N–H and O–H groups in total. The zero-order valence-electron chi connectivity index (χ0n) is 10.3. The topological polar surface area (TPSA) is 15.3 Å². The molecule has 17 heavy (non-hydrogen) atoms. The molecule has 1 atom stereocenters. The second-order valence-electron chi connectivity index (χ2n) is 4.55. The first-order chi connectivity index (χ1) is 8.11. The zero-order chi connectivity index (χ0) is 12.4. The molecule has 1 saturated heterocycles. The van der Waals surface area contributed by atoms with Gasteiger partial charge in [-0.3, -0.25) is 4.90 Å². The molecule has 0 spiro atoms. The van der Waals surface area contributed by atoms with E-state index in [-0.39, 0.29) is 11.6 Å². The van der Waals surface area contributed by atoms with Crippen LogP contribution in [0.4, 0.5) is 8.78 Å². The molecule has 94 valence electrons. The van der Waals surface area contributed by atoms with E-state index in [2.05, 4.69) is 10.2 Å². The van der Waals surface area contributed by atoms with Crippen LogP contribution in [0.1, 0.15) is 24.1 Å². The molecule has 4 heteroatoms. The molecule has 1 heterocycles. The van der Waals surface area contributed by atoms with Gasteiger partial charge in [-0.2, -0.15) is 0 Å². The molecule has 1 fully saturated rings. The molecule has 0 amide bonds. The Kier molecular flexibility index (Phi) is 3.74. The largest absolute Gasteiger partial charge is 0.314 e. The first-order valence-electron chi connectivity index (χ1n) is 6.00. The maximum atomic E-state index is 14.0. The van der Waals surface area contributed by atoms with Gasteiger partial charge in [0.15, 0.2) is 0 Å². The van der Waals surface area contributed by atoms with Crippen LogP contribution < -0.4 is 5.32 Å². The Hall–Kier alpha value is -1.00. The van der Waals surface area contributed by atoms with E-state index >= 15 is 0 Å². The van der Waals surface area contributed by atoms with Crippen LogP contribution >= 0.6 is 0 Å². The fourth-order valence-corrected chi connectivity index (χ4v) is 2.31. The third-order valence-corrected chi connectivity index (χ3v) is 3.44. The maximum Gasteiger partial charge on any atom is 0.133 e. The summed E-state index contributed by atoms with van der Waals surface area (Å²) in [5.41, 5.74) is 0.704. The lowest BCUT2D eigenvalue weighted by molar-refractivity contribution is 0.179. The monoisotopic (exact) mass is 240 g/mol. The van der Waals surface area contributed by atoms with Gasteiger partial charge in [0.05, 0.1) is 0 Å². The van der Waals surface area contributed by atoms with Gasteiger partial charge in [0.2, 0.25) is 0 Å². The molecule has 0 unspecified atom stereocenters. The fraction of sp³-hybridized carbons (Fsp3) is 0.538. The molecule has 1 aromatic rings. The van der Waals surface area contributed by atoms with E-state index < -0.39 is 11.6 Å². The van der Waals surface area contributed by atoms with Crippen LogP contribution in [0.15, 0.2) is 12.1 Å². The Morgan fingerprint density at radius 1 is 1.24 bits per heavy atom. The summed E-state index contributed by atoms with van der Waals surface area (Å²) in [6.07, 6.45) is 0. The second kappa shape index (κ2) is 5.10. The summed E-state index contributed by atoms with van der Waals surface area (Å²) in [4.78, 5) is 2.11. The van der Waals surface area contributed by atoms with E-state index in [1.165, 1.54) is 12.1 Å². The first kappa shape index (κ1) is 12.5. The Morgan fingerprint density at radius 3 is 2.53 bits per heavy atom. The van der Waals surface area contributed by atoms with Gasteiger partial charge in [0, 0.05) is 37.8 Å². The quantitative estimate of drug-likeness (QED) is 0.853. The molecule has 1 aliphatic heterocycles. The molecular formula is C13H18F2N2. The van der Waals surface area contributed by atoms with Crippen LogP contribution in [-0.2, 0) is 0 Å². The molecule has 0 aromatic heterocycles.